The van der Waals surface area contributed by atoms with Gasteiger partial charge in [-0.3, -0.25) is 9.59 Å². The van der Waals surface area contributed by atoms with Crippen molar-refractivity contribution in [2.45, 2.75) is 37.3 Å². The third kappa shape index (κ3) is 4.37. The molecule has 7 N–H and O–H groups in total. The van der Waals surface area contributed by atoms with Gasteiger partial charge in [0.25, 0.3) is 5.91 Å². The van der Waals surface area contributed by atoms with Crippen molar-refractivity contribution in [3.8, 4) is 16.9 Å². The number of phenolic OH excluding ortho intramolecular Hbond substituents is 1. The Morgan fingerprint density at radius 3 is 2.57 bits per heavy atom. The highest BCUT2D eigenvalue weighted by molar-refractivity contribution is 6.15. The van der Waals surface area contributed by atoms with Gasteiger partial charge in [0.1, 0.15) is 17.3 Å². The molecular weight excluding hydrogens is 565 g/mol. The van der Waals surface area contributed by atoms with E-state index in [2.05, 4.69) is 23.7 Å². The number of ketones is 1. The van der Waals surface area contributed by atoms with E-state index in [9.17, 15) is 24.7 Å². The smallest absolute Gasteiger partial charge is 0.254 e. The molecule has 0 bridgehead atoms. The summed E-state index contributed by atoms with van der Waals surface area (Å²) in [4.78, 5) is 41.7. The maximum atomic E-state index is 16.0. The number of nitrogens with one attached hydrogen (secondary N) is 1. The van der Waals surface area contributed by atoms with Gasteiger partial charge < -0.3 is 31.9 Å². The van der Waals surface area contributed by atoms with Crippen molar-refractivity contribution in [1.29, 1.82) is 0 Å². The summed E-state index contributed by atoms with van der Waals surface area (Å²) in [6.45, 7) is 10.2. The molecule has 5 rings (SSSR count). The average Bonchev–Trinajstić information content (AvgIpc) is 2.92. The summed E-state index contributed by atoms with van der Waals surface area (Å²) in [7, 11) is 3.72. The third-order valence-electron chi connectivity index (χ3n) is 9.25. The van der Waals surface area contributed by atoms with Crippen LogP contribution in [-0.2, 0) is 6.42 Å². The normalized spacial score (nSPS) is 24.5. The highest BCUT2D eigenvalue weighted by atomic mass is 19.1. The van der Waals surface area contributed by atoms with Crippen molar-refractivity contribution >= 4 is 11.7 Å². The average molecular weight is 602 g/mol. The van der Waals surface area contributed by atoms with E-state index in [1.807, 2.05) is 19.0 Å². The molecule has 3 atom stereocenters. The Bertz CT molecular complexity index is 1730. The van der Waals surface area contributed by atoms with E-state index >= 15 is 4.39 Å². The lowest BCUT2D eigenvalue weighted by Gasteiger charge is -2.54. The molecule has 44 heavy (non-hydrogen) atoms. The second-order valence-corrected chi connectivity index (χ2v) is 12.1. The van der Waals surface area contributed by atoms with Gasteiger partial charge in [-0.1, -0.05) is 36.5 Å². The minimum Gasteiger partial charge on any atom is -0.512 e. The van der Waals surface area contributed by atoms with E-state index in [0.717, 1.165) is 0 Å². The summed E-state index contributed by atoms with van der Waals surface area (Å²) >= 11 is 0. The number of halogens is 1. The number of likely N-dealkylation sites (N-methyl/N-ethyl adjacent to an activating group) is 1. The molecule has 230 valence electrons. The number of nitrogens with zero attached hydrogens (tertiary/aromatic N) is 2. The van der Waals surface area contributed by atoms with Gasteiger partial charge >= 0.3 is 0 Å². The second-order valence-electron chi connectivity index (χ2n) is 12.1. The van der Waals surface area contributed by atoms with Gasteiger partial charge in [0.15, 0.2) is 11.3 Å². The molecule has 11 heteroatoms. The predicted octanol–water partition coefficient (Wildman–Crippen LogP) is 4.01. The maximum absolute atomic E-state index is 16.0. The molecule has 0 spiro atoms. The number of rotatable bonds is 7. The summed E-state index contributed by atoms with van der Waals surface area (Å²) in [6, 6.07) is 7.29. The molecule has 0 fully saturated rings. The van der Waals surface area contributed by atoms with Crippen molar-refractivity contribution in [3.05, 3.63) is 105 Å². The number of amides is 1. The summed E-state index contributed by atoms with van der Waals surface area (Å²) < 4.78 is 16.0. The van der Waals surface area contributed by atoms with Crippen LogP contribution in [0.25, 0.3) is 11.1 Å². The van der Waals surface area contributed by atoms with Gasteiger partial charge in [-0.15, -0.1) is 4.91 Å². The lowest BCUT2D eigenvalue weighted by Crippen LogP contribution is -2.67. The number of nitrogens with two attached hydrogens (primary N) is 2. The van der Waals surface area contributed by atoms with Gasteiger partial charge in [-0.05, 0) is 74.2 Å². The van der Waals surface area contributed by atoms with Gasteiger partial charge in [0.05, 0.1) is 16.7 Å². The van der Waals surface area contributed by atoms with Crippen LogP contribution in [0.4, 0.5) is 4.39 Å². The van der Waals surface area contributed by atoms with E-state index < -0.39 is 34.5 Å². The van der Waals surface area contributed by atoms with E-state index in [1.54, 1.807) is 13.0 Å². The number of allylic oxidation sites excluding steroid dienone is 2. The number of phenols is 1. The lowest BCUT2D eigenvalue weighted by atomic mass is 9.52. The molecule has 2 aromatic carbocycles. The lowest BCUT2D eigenvalue weighted by molar-refractivity contribution is 0.0944. The molecule has 0 saturated heterocycles. The molecular formula is C33H36FN5O5. The van der Waals surface area contributed by atoms with Gasteiger partial charge in [-0.25, -0.2) is 4.39 Å². The topological polar surface area (TPSA) is 171 Å². The molecule has 0 heterocycles. The first-order valence-electron chi connectivity index (χ1n) is 14.2. The van der Waals surface area contributed by atoms with E-state index in [1.165, 1.54) is 24.3 Å². The van der Waals surface area contributed by atoms with Crippen LogP contribution >= 0.6 is 0 Å². The standard InChI is InChI=1S/C33H36FN5O5/c1-16-26(18(3)35)25(41)15-32(36)14-19-13-23-20(21-7-6-8-22(29(21)34)31(43)37-11-12-39(4)5)9-10-24(40)28(23)30(42)27(19)17(2)33(16,32)38-44/h6-10,19,40-41H,1,3,11-15,35-36H2,2,4-5H3,(H,37,43)/t19-,32+,33?/m0/s1. The van der Waals surface area contributed by atoms with Crippen LogP contribution < -0.4 is 16.8 Å². The van der Waals surface area contributed by atoms with Crippen molar-refractivity contribution in [3.63, 3.8) is 0 Å². The van der Waals surface area contributed by atoms with Crippen molar-refractivity contribution in [2.75, 3.05) is 27.2 Å². The van der Waals surface area contributed by atoms with E-state index in [-0.39, 0.29) is 75.5 Å². The number of aliphatic hydroxyl groups excluding tert-OH is 1. The zero-order valence-corrected chi connectivity index (χ0v) is 25.0. The molecule has 0 aromatic heterocycles. The quantitative estimate of drug-likeness (QED) is 0.296. The summed E-state index contributed by atoms with van der Waals surface area (Å²) in [5.74, 6) is -2.92. The Hall–Kier alpha value is -4.61. The Morgan fingerprint density at radius 1 is 1.23 bits per heavy atom. The Labute approximate surface area is 254 Å². The fraction of sp³-hybridized carbons (Fsp3) is 0.333. The van der Waals surface area contributed by atoms with E-state index in [4.69, 9.17) is 11.5 Å². The fourth-order valence-electron chi connectivity index (χ4n) is 7.29. The number of fused-ring (bicyclic) bond motifs is 3. The summed E-state index contributed by atoms with van der Waals surface area (Å²) in [5, 5.41) is 28.0. The molecule has 1 amide bonds. The molecule has 1 unspecified atom stereocenters. The highest BCUT2D eigenvalue weighted by Gasteiger charge is 2.63. The molecule has 0 saturated carbocycles. The van der Waals surface area contributed by atoms with Crippen LogP contribution in [0.3, 0.4) is 0 Å². The number of nitroso groups, excluding NO2 is 1. The molecule has 2 aromatic rings. The van der Waals surface area contributed by atoms with Crippen molar-refractivity contribution < 1.29 is 24.2 Å². The van der Waals surface area contributed by atoms with Crippen molar-refractivity contribution in [2.24, 2.45) is 22.6 Å². The molecule has 0 radical (unpaired) electrons. The number of Topliss-reactive ketones (excluding diaryl/α,β-unsaturated/α-hetero) is 1. The first-order valence-corrected chi connectivity index (χ1v) is 14.2. The summed E-state index contributed by atoms with van der Waals surface area (Å²) in [6.07, 6.45) is 0.0470. The van der Waals surface area contributed by atoms with Gasteiger partial charge in [0.2, 0.25) is 0 Å². The van der Waals surface area contributed by atoms with Crippen molar-refractivity contribution in [1.82, 2.24) is 10.2 Å². The second kappa shape index (κ2) is 10.8. The number of hydrogen-bond donors (Lipinski definition) is 5. The van der Waals surface area contributed by atoms with Crippen LogP contribution in [0.1, 0.15) is 46.0 Å². The summed E-state index contributed by atoms with van der Waals surface area (Å²) in [5.41, 5.74) is 10.9. The number of aromatic hydroxyl groups is 1. The molecule has 10 nitrogen and oxygen atoms in total. The zero-order valence-electron chi connectivity index (χ0n) is 25.0. The number of carbonyl (C=O) groups excluding carboxylic acids is 2. The number of benzene rings is 2. The SMILES string of the molecule is C=C(N)C1=C(O)C[C@]2(N)C[C@@H]3Cc4c(-c5cccc(C(=O)NCCN(C)C)c5F)ccc(O)c4C(=O)C3=C(C)C2(N=O)C1=C. The largest absolute Gasteiger partial charge is 0.512 e. The number of hydrogen-bond acceptors (Lipinski definition) is 9. The number of carbonyl (C=O) groups is 2. The minimum absolute atomic E-state index is 0.0178. The molecule has 3 aliphatic rings. The fourth-order valence-corrected chi connectivity index (χ4v) is 7.29. The van der Waals surface area contributed by atoms with Crippen LogP contribution in [0.15, 0.2) is 82.4 Å². The highest BCUT2D eigenvalue weighted by Crippen LogP contribution is 2.58. The minimum atomic E-state index is -1.80. The predicted molar refractivity (Wildman–Crippen MR) is 165 cm³/mol. The Kier molecular flexibility index (Phi) is 7.59. The first-order chi connectivity index (χ1) is 20.7. The molecule has 3 aliphatic carbocycles. The van der Waals surface area contributed by atoms with Crippen LogP contribution in [-0.4, -0.2) is 65.1 Å². The maximum Gasteiger partial charge on any atom is 0.254 e. The molecule has 0 aliphatic heterocycles. The Morgan fingerprint density at radius 2 is 1.93 bits per heavy atom. The van der Waals surface area contributed by atoms with Gasteiger partial charge in [-0.2, -0.15) is 0 Å². The third-order valence-corrected chi connectivity index (χ3v) is 9.25. The first kappa shape index (κ1) is 30.8. The van der Waals surface area contributed by atoms with Crippen LogP contribution in [0, 0.1) is 16.6 Å². The monoisotopic (exact) mass is 601 g/mol. The van der Waals surface area contributed by atoms with Crippen LogP contribution in [0.2, 0.25) is 0 Å². The van der Waals surface area contributed by atoms with E-state index in [0.29, 0.717) is 24.2 Å². The van der Waals surface area contributed by atoms with Crippen LogP contribution in [0.5, 0.6) is 5.75 Å². The Balaban J connectivity index is 1.64. The zero-order chi connectivity index (χ0) is 32.3. The number of aliphatic hydroxyl groups is 1. The van der Waals surface area contributed by atoms with Gasteiger partial charge in [0, 0.05) is 41.9 Å².